The standard InChI is InChI=1S/C10H15NO5/c1-3-16-8(12)5-11(2)9(13)6-4-7(6)10(14)15/h6-7H,3-5H2,1-2H3,(H,14,15). The number of nitrogens with zero attached hydrogens (tertiary/aromatic N) is 1. The first-order chi connectivity index (χ1) is 7.47. The van der Waals surface area contributed by atoms with Gasteiger partial charge in [0.2, 0.25) is 5.91 Å². The number of amides is 1. The molecular formula is C10H15NO5. The Labute approximate surface area is 93.2 Å². The number of carboxylic acid groups (broad SMARTS) is 1. The molecule has 90 valence electrons. The Kier molecular flexibility index (Phi) is 3.87. The van der Waals surface area contributed by atoms with Crippen molar-refractivity contribution in [2.45, 2.75) is 13.3 Å². The molecule has 16 heavy (non-hydrogen) atoms. The fourth-order valence-electron chi connectivity index (χ4n) is 1.50. The van der Waals surface area contributed by atoms with Crippen molar-refractivity contribution >= 4 is 17.8 Å². The van der Waals surface area contributed by atoms with Crippen molar-refractivity contribution in [1.82, 2.24) is 4.90 Å². The zero-order chi connectivity index (χ0) is 12.3. The minimum Gasteiger partial charge on any atom is -0.481 e. The number of carbonyl (C=O) groups excluding carboxylic acids is 2. The SMILES string of the molecule is CCOC(=O)CN(C)C(=O)C1CC1C(=O)O. The maximum Gasteiger partial charge on any atom is 0.325 e. The van der Waals surface area contributed by atoms with E-state index in [1.165, 1.54) is 11.9 Å². The van der Waals surface area contributed by atoms with Gasteiger partial charge in [0.05, 0.1) is 18.4 Å². The third-order valence-corrected chi connectivity index (χ3v) is 2.47. The largest absolute Gasteiger partial charge is 0.481 e. The van der Waals surface area contributed by atoms with Crippen molar-refractivity contribution in [3.63, 3.8) is 0 Å². The molecule has 0 radical (unpaired) electrons. The number of hydrogen-bond donors (Lipinski definition) is 1. The van der Waals surface area contributed by atoms with Gasteiger partial charge in [0.15, 0.2) is 0 Å². The van der Waals surface area contributed by atoms with E-state index < -0.39 is 23.8 Å². The molecule has 2 atom stereocenters. The third kappa shape index (κ3) is 2.95. The number of likely N-dealkylation sites (N-methyl/N-ethyl adjacent to an activating group) is 1. The normalized spacial score (nSPS) is 22.4. The van der Waals surface area contributed by atoms with Crippen LogP contribution in [0, 0.1) is 11.8 Å². The number of esters is 1. The van der Waals surface area contributed by atoms with Crippen molar-refractivity contribution in [2.24, 2.45) is 11.8 Å². The van der Waals surface area contributed by atoms with Crippen molar-refractivity contribution in [1.29, 1.82) is 0 Å². The van der Waals surface area contributed by atoms with E-state index in [2.05, 4.69) is 4.74 Å². The molecule has 0 saturated heterocycles. The highest BCUT2D eigenvalue weighted by Crippen LogP contribution is 2.39. The predicted octanol–water partition coefficient (Wildman–Crippen LogP) is -0.271. The molecule has 6 heteroatoms. The van der Waals surface area contributed by atoms with E-state index >= 15 is 0 Å². The van der Waals surface area contributed by atoms with Crippen LogP contribution in [-0.2, 0) is 19.1 Å². The van der Waals surface area contributed by atoms with Crippen LogP contribution >= 0.6 is 0 Å². The van der Waals surface area contributed by atoms with Crippen molar-refractivity contribution in [3.8, 4) is 0 Å². The summed E-state index contributed by atoms with van der Waals surface area (Å²) in [4.78, 5) is 34.5. The minimum atomic E-state index is -0.956. The summed E-state index contributed by atoms with van der Waals surface area (Å²) in [5.74, 6) is -2.80. The van der Waals surface area contributed by atoms with Gasteiger partial charge < -0.3 is 14.7 Å². The molecule has 0 aromatic heterocycles. The van der Waals surface area contributed by atoms with Gasteiger partial charge in [-0.05, 0) is 13.3 Å². The molecule has 1 amide bonds. The number of hydrogen-bond acceptors (Lipinski definition) is 4. The van der Waals surface area contributed by atoms with Crippen molar-refractivity contribution in [3.05, 3.63) is 0 Å². The first-order valence-electron chi connectivity index (χ1n) is 5.10. The summed E-state index contributed by atoms with van der Waals surface area (Å²) in [6, 6.07) is 0. The maximum absolute atomic E-state index is 11.6. The van der Waals surface area contributed by atoms with Gasteiger partial charge in [0.1, 0.15) is 6.54 Å². The van der Waals surface area contributed by atoms with E-state index in [-0.39, 0.29) is 19.1 Å². The van der Waals surface area contributed by atoms with Crippen LogP contribution in [0.3, 0.4) is 0 Å². The average molecular weight is 229 g/mol. The van der Waals surface area contributed by atoms with Gasteiger partial charge in [-0.1, -0.05) is 0 Å². The first-order valence-corrected chi connectivity index (χ1v) is 5.10. The second-order valence-electron chi connectivity index (χ2n) is 3.79. The number of carboxylic acids is 1. The van der Waals surface area contributed by atoms with Gasteiger partial charge >= 0.3 is 11.9 Å². The second-order valence-corrected chi connectivity index (χ2v) is 3.79. The molecular weight excluding hydrogens is 214 g/mol. The lowest BCUT2D eigenvalue weighted by Crippen LogP contribution is -2.34. The lowest BCUT2D eigenvalue weighted by atomic mass is 10.3. The Morgan fingerprint density at radius 1 is 1.38 bits per heavy atom. The molecule has 0 aromatic rings. The van der Waals surface area contributed by atoms with Crippen LogP contribution in [0.2, 0.25) is 0 Å². The van der Waals surface area contributed by atoms with Gasteiger partial charge in [-0.3, -0.25) is 14.4 Å². The van der Waals surface area contributed by atoms with Crippen LogP contribution in [0.15, 0.2) is 0 Å². The summed E-state index contributed by atoms with van der Waals surface area (Å²) in [7, 11) is 1.47. The fraction of sp³-hybridized carbons (Fsp3) is 0.700. The third-order valence-electron chi connectivity index (χ3n) is 2.47. The summed E-state index contributed by atoms with van der Waals surface area (Å²) < 4.78 is 4.69. The lowest BCUT2D eigenvalue weighted by Gasteiger charge is -2.15. The Balaban J connectivity index is 2.38. The van der Waals surface area contributed by atoms with Gasteiger partial charge in [-0.25, -0.2) is 0 Å². The highest BCUT2D eigenvalue weighted by molar-refractivity contribution is 5.91. The fourth-order valence-corrected chi connectivity index (χ4v) is 1.50. The van der Waals surface area contributed by atoms with E-state index in [1.807, 2.05) is 0 Å². The van der Waals surface area contributed by atoms with Gasteiger partial charge in [0, 0.05) is 7.05 Å². The Bertz CT molecular complexity index is 314. The van der Waals surface area contributed by atoms with Gasteiger partial charge in [0.25, 0.3) is 0 Å². The molecule has 1 rings (SSSR count). The summed E-state index contributed by atoms with van der Waals surface area (Å²) in [5.41, 5.74) is 0. The maximum atomic E-state index is 11.6. The summed E-state index contributed by atoms with van der Waals surface area (Å²) in [6.45, 7) is 1.82. The second kappa shape index (κ2) is 4.96. The zero-order valence-electron chi connectivity index (χ0n) is 9.30. The molecule has 0 aromatic carbocycles. The van der Waals surface area contributed by atoms with E-state index in [4.69, 9.17) is 5.11 Å². The quantitative estimate of drug-likeness (QED) is 0.656. The molecule has 0 aliphatic heterocycles. The highest BCUT2D eigenvalue weighted by Gasteiger charge is 2.49. The van der Waals surface area contributed by atoms with Crippen molar-refractivity contribution in [2.75, 3.05) is 20.2 Å². The van der Waals surface area contributed by atoms with Crippen LogP contribution in [0.4, 0.5) is 0 Å². The molecule has 6 nitrogen and oxygen atoms in total. The summed E-state index contributed by atoms with van der Waals surface area (Å²) >= 11 is 0. The van der Waals surface area contributed by atoms with E-state index in [0.717, 1.165) is 0 Å². The average Bonchev–Trinajstić information content (AvgIpc) is 2.96. The number of ether oxygens (including phenoxy) is 1. The van der Waals surface area contributed by atoms with E-state index in [0.29, 0.717) is 6.42 Å². The first kappa shape index (κ1) is 12.5. The van der Waals surface area contributed by atoms with Crippen LogP contribution in [-0.4, -0.2) is 48.1 Å². The molecule has 1 aliphatic rings. The lowest BCUT2D eigenvalue weighted by molar-refractivity contribution is -0.148. The molecule has 0 spiro atoms. The molecule has 2 unspecified atom stereocenters. The van der Waals surface area contributed by atoms with Crippen LogP contribution in [0.1, 0.15) is 13.3 Å². The topological polar surface area (TPSA) is 83.9 Å². The van der Waals surface area contributed by atoms with Crippen LogP contribution < -0.4 is 0 Å². The summed E-state index contributed by atoms with van der Waals surface area (Å²) in [5, 5.41) is 8.66. The molecule has 1 aliphatic carbocycles. The molecule has 1 saturated carbocycles. The smallest absolute Gasteiger partial charge is 0.325 e. The van der Waals surface area contributed by atoms with Crippen LogP contribution in [0.5, 0.6) is 0 Å². The predicted molar refractivity (Wildman–Crippen MR) is 53.5 cm³/mol. The summed E-state index contributed by atoms with van der Waals surface area (Å²) in [6.07, 6.45) is 0.362. The number of rotatable bonds is 5. The zero-order valence-corrected chi connectivity index (χ0v) is 9.30. The number of carbonyl (C=O) groups is 3. The molecule has 1 fully saturated rings. The minimum absolute atomic E-state index is 0.129. The Hall–Kier alpha value is -1.59. The molecule has 1 N–H and O–H groups in total. The monoisotopic (exact) mass is 229 g/mol. The van der Waals surface area contributed by atoms with E-state index in [9.17, 15) is 14.4 Å². The highest BCUT2D eigenvalue weighted by atomic mass is 16.5. The van der Waals surface area contributed by atoms with Crippen molar-refractivity contribution < 1.29 is 24.2 Å². The van der Waals surface area contributed by atoms with Gasteiger partial charge in [-0.15, -0.1) is 0 Å². The molecule has 0 bridgehead atoms. The molecule has 0 heterocycles. The Morgan fingerprint density at radius 2 is 2.00 bits per heavy atom. The van der Waals surface area contributed by atoms with Crippen LogP contribution in [0.25, 0.3) is 0 Å². The Morgan fingerprint density at radius 3 is 2.44 bits per heavy atom. The van der Waals surface area contributed by atoms with E-state index in [1.54, 1.807) is 6.92 Å². The number of aliphatic carboxylic acids is 1. The van der Waals surface area contributed by atoms with Gasteiger partial charge in [-0.2, -0.15) is 0 Å².